The largest absolute Gasteiger partial charge is 0.330 e. The van der Waals surface area contributed by atoms with E-state index in [0.717, 1.165) is 13.1 Å². The van der Waals surface area contributed by atoms with E-state index < -0.39 is 0 Å². The van der Waals surface area contributed by atoms with Crippen molar-refractivity contribution in [2.24, 2.45) is 23.0 Å². The van der Waals surface area contributed by atoms with Crippen LogP contribution < -0.4 is 11.1 Å². The molecule has 0 aromatic heterocycles. The van der Waals surface area contributed by atoms with Gasteiger partial charge in [-0.3, -0.25) is 0 Å². The fourth-order valence-corrected chi connectivity index (χ4v) is 2.11. The Morgan fingerprint density at radius 2 is 2.00 bits per heavy atom. The Morgan fingerprint density at radius 1 is 1.36 bits per heavy atom. The van der Waals surface area contributed by atoms with E-state index in [1.165, 1.54) is 25.8 Å². The van der Waals surface area contributed by atoms with Crippen molar-refractivity contribution < 1.29 is 0 Å². The molecule has 0 aliphatic heterocycles. The summed E-state index contributed by atoms with van der Waals surface area (Å²) in [5, 5.41) is 3.58. The van der Waals surface area contributed by atoms with Crippen LogP contribution in [-0.4, -0.2) is 19.6 Å². The molecule has 0 saturated heterocycles. The van der Waals surface area contributed by atoms with Gasteiger partial charge in [0.1, 0.15) is 0 Å². The lowest BCUT2D eigenvalue weighted by Crippen LogP contribution is -2.41. The summed E-state index contributed by atoms with van der Waals surface area (Å²) in [5.41, 5.74) is 6.32. The Hall–Kier alpha value is -0.0800. The molecule has 3 N–H and O–H groups in total. The number of nitrogens with one attached hydrogen (secondary N) is 1. The van der Waals surface area contributed by atoms with E-state index in [0.29, 0.717) is 17.3 Å². The number of nitrogens with two attached hydrogens (primary N) is 1. The predicted molar refractivity (Wildman–Crippen MR) is 62.2 cm³/mol. The van der Waals surface area contributed by atoms with Crippen LogP contribution in [0.3, 0.4) is 0 Å². The van der Waals surface area contributed by atoms with Gasteiger partial charge in [-0.15, -0.1) is 0 Å². The van der Waals surface area contributed by atoms with Crippen molar-refractivity contribution in [3.63, 3.8) is 0 Å². The van der Waals surface area contributed by atoms with E-state index in [9.17, 15) is 0 Å². The highest BCUT2D eigenvalue weighted by Gasteiger charge is 2.31. The normalized spacial score (nSPS) is 22.1. The SMILES string of the molecule is CC(C)C(CN)CNCC1(C)CCC1. The van der Waals surface area contributed by atoms with Crippen LogP contribution in [0, 0.1) is 17.3 Å². The molecule has 1 fully saturated rings. The molecule has 0 bridgehead atoms. The second kappa shape index (κ2) is 5.13. The molecule has 0 aromatic rings. The van der Waals surface area contributed by atoms with E-state index in [2.05, 4.69) is 26.1 Å². The molecule has 0 spiro atoms. The lowest BCUT2D eigenvalue weighted by Gasteiger charge is -2.39. The lowest BCUT2D eigenvalue weighted by molar-refractivity contribution is 0.152. The molecule has 2 heteroatoms. The van der Waals surface area contributed by atoms with E-state index in [4.69, 9.17) is 5.73 Å². The Kier molecular flexibility index (Phi) is 4.39. The van der Waals surface area contributed by atoms with Crippen LogP contribution in [0.15, 0.2) is 0 Å². The third-order valence-corrected chi connectivity index (χ3v) is 3.76. The minimum atomic E-state index is 0.593. The molecule has 2 nitrogen and oxygen atoms in total. The van der Waals surface area contributed by atoms with Gasteiger partial charge in [0.2, 0.25) is 0 Å². The standard InChI is InChI=1S/C12H26N2/c1-10(2)11(7-13)8-14-9-12(3)5-4-6-12/h10-11,14H,4-9,13H2,1-3H3. The summed E-state index contributed by atoms with van der Waals surface area (Å²) < 4.78 is 0. The summed E-state index contributed by atoms with van der Waals surface area (Å²) in [6.07, 6.45) is 4.21. The third-order valence-electron chi connectivity index (χ3n) is 3.76. The third kappa shape index (κ3) is 3.25. The van der Waals surface area contributed by atoms with E-state index in [1.54, 1.807) is 0 Å². The van der Waals surface area contributed by atoms with Gasteiger partial charge in [0, 0.05) is 6.54 Å². The minimum absolute atomic E-state index is 0.593. The minimum Gasteiger partial charge on any atom is -0.330 e. The molecule has 0 aromatic carbocycles. The van der Waals surface area contributed by atoms with Gasteiger partial charge in [-0.2, -0.15) is 0 Å². The van der Waals surface area contributed by atoms with E-state index >= 15 is 0 Å². The van der Waals surface area contributed by atoms with Gasteiger partial charge in [-0.05, 0) is 43.2 Å². The van der Waals surface area contributed by atoms with Gasteiger partial charge in [0.25, 0.3) is 0 Å². The summed E-state index contributed by atoms with van der Waals surface area (Å²) >= 11 is 0. The first-order valence-electron chi connectivity index (χ1n) is 5.98. The van der Waals surface area contributed by atoms with Crippen molar-refractivity contribution in [3.8, 4) is 0 Å². The molecule has 1 aliphatic carbocycles. The highest BCUT2D eigenvalue weighted by atomic mass is 14.9. The second-order valence-corrected chi connectivity index (χ2v) is 5.53. The molecule has 1 unspecified atom stereocenters. The van der Waals surface area contributed by atoms with Crippen molar-refractivity contribution in [3.05, 3.63) is 0 Å². The molecule has 1 aliphatic rings. The summed E-state index contributed by atoms with van der Waals surface area (Å²) in [4.78, 5) is 0. The number of hydrogen-bond acceptors (Lipinski definition) is 2. The molecule has 1 atom stereocenters. The topological polar surface area (TPSA) is 38.0 Å². The van der Waals surface area contributed by atoms with Gasteiger partial charge in [-0.1, -0.05) is 27.2 Å². The fourth-order valence-electron chi connectivity index (χ4n) is 2.11. The first kappa shape index (κ1) is 12.0. The van der Waals surface area contributed by atoms with Crippen LogP contribution in [0.5, 0.6) is 0 Å². The van der Waals surface area contributed by atoms with Gasteiger partial charge >= 0.3 is 0 Å². The molecule has 84 valence electrons. The molecular weight excluding hydrogens is 172 g/mol. The summed E-state index contributed by atoms with van der Waals surface area (Å²) in [5.74, 6) is 1.33. The molecule has 1 rings (SSSR count). The first-order chi connectivity index (χ1) is 6.57. The zero-order chi connectivity index (χ0) is 10.6. The lowest BCUT2D eigenvalue weighted by atomic mass is 9.70. The maximum absolute atomic E-state index is 5.73. The molecular formula is C12H26N2. The predicted octanol–water partition coefficient (Wildman–Crippen LogP) is 2.00. The highest BCUT2D eigenvalue weighted by Crippen LogP contribution is 2.39. The van der Waals surface area contributed by atoms with Crippen LogP contribution in [-0.2, 0) is 0 Å². The van der Waals surface area contributed by atoms with Crippen LogP contribution in [0.2, 0.25) is 0 Å². The number of rotatable bonds is 6. The Bertz CT molecular complexity index is 162. The smallest absolute Gasteiger partial charge is 0.000529 e. The van der Waals surface area contributed by atoms with E-state index in [1.807, 2.05) is 0 Å². The maximum atomic E-state index is 5.73. The monoisotopic (exact) mass is 198 g/mol. The van der Waals surface area contributed by atoms with Crippen LogP contribution >= 0.6 is 0 Å². The number of hydrogen-bond donors (Lipinski definition) is 2. The van der Waals surface area contributed by atoms with Crippen LogP contribution in [0.1, 0.15) is 40.0 Å². The summed E-state index contributed by atoms with van der Waals surface area (Å²) in [7, 11) is 0. The maximum Gasteiger partial charge on any atom is 0.000529 e. The Morgan fingerprint density at radius 3 is 2.36 bits per heavy atom. The average Bonchev–Trinajstić information content (AvgIpc) is 2.09. The molecule has 0 amide bonds. The van der Waals surface area contributed by atoms with Gasteiger partial charge in [0.05, 0.1) is 0 Å². The molecule has 14 heavy (non-hydrogen) atoms. The van der Waals surface area contributed by atoms with Crippen LogP contribution in [0.4, 0.5) is 0 Å². The second-order valence-electron chi connectivity index (χ2n) is 5.53. The van der Waals surface area contributed by atoms with Crippen LogP contribution in [0.25, 0.3) is 0 Å². The molecule has 0 radical (unpaired) electrons. The van der Waals surface area contributed by atoms with E-state index in [-0.39, 0.29) is 0 Å². The molecule has 0 heterocycles. The first-order valence-corrected chi connectivity index (χ1v) is 5.98. The zero-order valence-electron chi connectivity index (χ0n) is 9.97. The van der Waals surface area contributed by atoms with Gasteiger partial charge in [-0.25, -0.2) is 0 Å². The quantitative estimate of drug-likeness (QED) is 0.685. The van der Waals surface area contributed by atoms with Crippen molar-refractivity contribution in [2.45, 2.75) is 40.0 Å². The Labute approximate surface area is 88.6 Å². The fraction of sp³-hybridized carbons (Fsp3) is 1.00. The average molecular weight is 198 g/mol. The van der Waals surface area contributed by atoms with Crippen molar-refractivity contribution in [1.29, 1.82) is 0 Å². The zero-order valence-corrected chi connectivity index (χ0v) is 9.97. The van der Waals surface area contributed by atoms with Crippen molar-refractivity contribution >= 4 is 0 Å². The summed E-state index contributed by atoms with van der Waals surface area (Å²) in [6.45, 7) is 9.96. The van der Waals surface area contributed by atoms with Gasteiger partial charge in [0.15, 0.2) is 0 Å². The van der Waals surface area contributed by atoms with Crippen molar-refractivity contribution in [2.75, 3.05) is 19.6 Å². The van der Waals surface area contributed by atoms with Crippen molar-refractivity contribution in [1.82, 2.24) is 5.32 Å². The van der Waals surface area contributed by atoms with Gasteiger partial charge < -0.3 is 11.1 Å². The Balaban J connectivity index is 2.13. The highest BCUT2D eigenvalue weighted by molar-refractivity contribution is 4.85. The summed E-state index contributed by atoms with van der Waals surface area (Å²) in [6, 6.07) is 0. The molecule has 1 saturated carbocycles.